The van der Waals surface area contributed by atoms with E-state index in [0.29, 0.717) is 18.4 Å². The van der Waals surface area contributed by atoms with Crippen LogP contribution in [0.2, 0.25) is 0 Å². The van der Waals surface area contributed by atoms with Crippen molar-refractivity contribution >= 4 is 6.03 Å². The van der Waals surface area contributed by atoms with Crippen LogP contribution in [0.25, 0.3) is 0 Å². The Kier molecular flexibility index (Phi) is 4.37. The highest BCUT2D eigenvalue weighted by molar-refractivity contribution is 5.74. The van der Waals surface area contributed by atoms with Crippen molar-refractivity contribution in [2.45, 2.75) is 64.1 Å². The van der Waals surface area contributed by atoms with E-state index < -0.39 is 0 Å². The van der Waals surface area contributed by atoms with Crippen LogP contribution in [0.3, 0.4) is 0 Å². The SMILES string of the molecule is C[C@H](NC(=O)NCCc1cn2c(n1)CCCC2)c1nnnn1C1CC1. The van der Waals surface area contributed by atoms with E-state index in [1.807, 2.05) is 11.6 Å². The van der Waals surface area contributed by atoms with Crippen molar-refractivity contribution in [3.63, 3.8) is 0 Å². The molecule has 134 valence electrons. The van der Waals surface area contributed by atoms with E-state index in [0.717, 1.165) is 37.9 Å². The third-order valence-corrected chi connectivity index (χ3v) is 4.77. The van der Waals surface area contributed by atoms with Crippen LogP contribution in [-0.4, -0.2) is 42.3 Å². The van der Waals surface area contributed by atoms with E-state index in [-0.39, 0.29) is 12.1 Å². The average molecular weight is 344 g/mol. The van der Waals surface area contributed by atoms with Crippen LogP contribution in [0.5, 0.6) is 0 Å². The number of hydrogen-bond acceptors (Lipinski definition) is 5. The Morgan fingerprint density at radius 3 is 3.08 bits per heavy atom. The molecule has 9 heteroatoms. The Hall–Kier alpha value is -2.45. The molecule has 0 bridgehead atoms. The maximum absolute atomic E-state index is 12.1. The van der Waals surface area contributed by atoms with Crippen LogP contribution >= 0.6 is 0 Å². The number of carbonyl (C=O) groups excluding carboxylic acids is 1. The predicted molar refractivity (Wildman–Crippen MR) is 89.9 cm³/mol. The first-order chi connectivity index (χ1) is 12.2. The van der Waals surface area contributed by atoms with Crippen LogP contribution in [0, 0.1) is 0 Å². The molecule has 0 unspecified atom stereocenters. The van der Waals surface area contributed by atoms with Crippen molar-refractivity contribution in [1.29, 1.82) is 0 Å². The first-order valence-electron chi connectivity index (χ1n) is 9.08. The van der Waals surface area contributed by atoms with Gasteiger partial charge in [-0.3, -0.25) is 0 Å². The average Bonchev–Trinajstić information content (AvgIpc) is 3.18. The molecule has 25 heavy (non-hydrogen) atoms. The Bertz CT molecular complexity index is 724. The molecule has 0 aromatic carbocycles. The molecular formula is C16H24N8O. The molecule has 1 fully saturated rings. The third kappa shape index (κ3) is 3.64. The van der Waals surface area contributed by atoms with Gasteiger partial charge in [-0.05, 0) is 43.0 Å². The number of nitrogens with zero attached hydrogens (tertiary/aromatic N) is 6. The molecular weight excluding hydrogens is 320 g/mol. The van der Waals surface area contributed by atoms with E-state index in [1.54, 1.807) is 0 Å². The molecule has 2 amide bonds. The van der Waals surface area contributed by atoms with Crippen molar-refractivity contribution < 1.29 is 4.79 Å². The van der Waals surface area contributed by atoms with Crippen LogP contribution in [0.1, 0.15) is 62.0 Å². The zero-order chi connectivity index (χ0) is 17.2. The fourth-order valence-electron chi connectivity index (χ4n) is 3.27. The van der Waals surface area contributed by atoms with Gasteiger partial charge in [0, 0.05) is 32.1 Å². The molecule has 9 nitrogen and oxygen atoms in total. The second-order valence-electron chi connectivity index (χ2n) is 6.88. The van der Waals surface area contributed by atoms with E-state index in [2.05, 4.69) is 41.9 Å². The molecule has 0 radical (unpaired) electrons. The monoisotopic (exact) mass is 344 g/mol. The number of nitrogens with one attached hydrogen (secondary N) is 2. The Balaban J connectivity index is 1.25. The van der Waals surface area contributed by atoms with E-state index in [1.165, 1.54) is 18.7 Å². The van der Waals surface area contributed by atoms with Gasteiger partial charge in [0.15, 0.2) is 5.82 Å². The lowest BCUT2D eigenvalue weighted by atomic mass is 10.2. The number of aromatic nitrogens is 6. The minimum atomic E-state index is -0.226. The topological polar surface area (TPSA) is 103 Å². The Labute approximate surface area is 146 Å². The molecule has 1 aliphatic carbocycles. The maximum atomic E-state index is 12.1. The van der Waals surface area contributed by atoms with Crippen molar-refractivity contribution in [3.05, 3.63) is 23.5 Å². The zero-order valence-corrected chi connectivity index (χ0v) is 14.5. The van der Waals surface area contributed by atoms with E-state index in [4.69, 9.17) is 0 Å². The lowest BCUT2D eigenvalue weighted by molar-refractivity contribution is 0.237. The van der Waals surface area contributed by atoms with Crippen molar-refractivity contribution in [1.82, 2.24) is 40.4 Å². The van der Waals surface area contributed by atoms with Gasteiger partial charge in [-0.2, -0.15) is 0 Å². The molecule has 4 rings (SSSR count). The number of tetrazole rings is 1. The van der Waals surface area contributed by atoms with Gasteiger partial charge in [0.25, 0.3) is 0 Å². The quantitative estimate of drug-likeness (QED) is 0.818. The summed E-state index contributed by atoms with van der Waals surface area (Å²) in [6.45, 7) is 3.51. The van der Waals surface area contributed by atoms with Crippen molar-refractivity contribution in [3.8, 4) is 0 Å². The summed E-state index contributed by atoms with van der Waals surface area (Å²) in [4.78, 5) is 16.8. The summed E-state index contributed by atoms with van der Waals surface area (Å²) in [7, 11) is 0. The fraction of sp³-hybridized carbons (Fsp3) is 0.688. The number of carbonyl (C=O) groups is 1. The normalized spacial score (nSPS) is 17.8. The number of fused-ring (bicyclic) bond motifs is 1. The largest absolute Gasteiger partial charge is 0.338 e. The summed E-state index contributed by atoms with van der Waals surface area (Å²) in [5.74, 6) is 1.88. The third-order valence-electron chi connectivity index (χ3n) is 4.77. The highest BCUT2D eigenvalue weighted by Crippen LogP contribution is 2.35. The van der Waals surface area contributed by atoms with Gasteiger partial charge >= 0.3 is 6.03 Å². The summed E-state index contributed by atoms with van der Waals surface area (Å²) in [5.41, 5.74) is 1.04. The second-order valence-corrected chi connectivity index (χ2v) is 6.88. The predicted octanol–water partition coefficient (Wildman–Crippen LogP) is 1.14. The highest BCUT2D eigenvalue weighted by atomic mass is 16.2. The summed E-state index contributed by atoms with van der Waals surface area (Å²) >= 11 is 0. The molecule has 1 saturated carbocycles. The molecule has 3 heterocycles. The van der Waals surface area contributed by atoms with Crippen molar-refractivity contribution in [2.75, 3.05) is 6.54 Å². The number of rotatable bonds is 6. The number of amides is 2. The van der Waals surface area contributed by atoms with Gasteiger partial charge in [-0.15, -0.1) is 5.10 Å². The molecule has 1 atom stereocenters. The number of imidazole rings is 1. The van der Waals surface area contributed by atoms with Gasteiger partial charge in [0.1, 0.15) is 5.82 Å². The zero-order valence-electron chi connectivity index (χ0n) is 14.5. The molecule has 2 N–H and O–H groups in total. The van der Waals surface area contributed by atoms with Crippen molar-refractivity contribution in [2.24, 2.45) is 0 Å². The maximum Gasteiger partial charge on any atom is 0.315 e. The summed E-state index contributed by atoms with van der Waals surface area (Å²) < 4.78 is 4.05. The number of aryl methyl sites for hydroxylation is 2. The molecule has 1 aliphatic heterocycles. The number of hydrogen-bond donors (Lipinski definition) is 2. The molecule has 0 saturated heterocycles. The lowest BCUT2D eigenvalue weighted by Gasteiger charge is -2.14. The molecule has 2 aliphatic rings. The first kappa shape index (κ1) is 16.0. The standard InChI is InChI=1S/C16H24N8O/c1-11(15-20-21-22-24(15)13-5-6-13)18-16(25)17-8-7-12-10-23-9-3-2-4-14(23)19-12/h10-11,13H,2-9H2,1H3,(H2,17,18,25)/t11-/m0/s1. The Morgan fingerprint density at radius 1 is 1.40 bits per heavy atom. The second kappa shape index (κ2) is 6.81. The molecule has 2 aromatic rings. The van der Waals surface area contributed by atoms with Crippen LogP contribution in [-0.2, 0) is 19.4 Å². The fourth-order valence-corrected chi connectivity index (χ4v) is 3.27. The van der Waals surface area contributed by atoms with Gasteiger partial charge in [-0.1, -0.05) is 0 Å². The van der Waals surface area contributed by atoms with Gasteiger partial charge in [-0.25, -0.2) is 14.5 Å². The van der Waals surface area contributed by atoms with Crippen LogP contribution in [0.15, 0.2) is 6.20 Å². The van der Waals surface area contributed by atoms with Crippen LogP contribution < -0.4 is 10.6 Å². The van der Waals surface area contributed by atoms with Crippen LogP contribution in [0.4, 0.5) is 4.79 Å². The molecule has 2 aromatic heterocycles. The summed E-state index contributed by atoms with van der Waals surface area (Å²) in [6.07, 6.45) is 8.55. The summed E-state index contributed by atoms with van der Waals surface area (Å²) in [5, 5.41) is 17.6. The smallest absolute Gasteiger partial charge is 0.315 e. The minimum Gasteiger partial charge on any atom is -0.338 e. The van der Waals surface area contributed by atoms with Gasteiger partial charge in [0.05, 0.1) is 17.8 Å². The summed E-state index contributed by atoms with van der Waals surface area (Å²) in [6, 6.07) is -0.0402. The minimum absolute atomic E-state index is 0.207. The highest BCUT2D eigenvalue weighted by Gasteiger charge is 2.29. The van der Waals surface area contributed by atoms with Gasteiger partial charge < -0.3 is 15.2 Å². The lowest BCUT2D eigenvalue weighted by Crippen LogP contribution is -2.38. The number of urea groups is 1. The van der Waals surface area contributed by atoms with E-state index >= 15 is 0 Å². The Morgan fingerprint density at radius 2 is 2.28 bits per heavy atom. The van der Waals surface area contributed by atoms with Gasteiger partial charge in [0.2, 0.25) is 0 Å². The first-order valence-corrected chi connectivity index (χ1v) is 9.08. The molecule has 0 spiro atoms. The van der Waals surface area contributed by atoms with E-state index in [9.17, 15) is 4.79 Å².